The number of hydrogen-bond donors (Lipinski definition) is 2. The summed E-state index contributed by atoms with van der Waals surface area (Å²) in [6.45, 7) is 2.84. The summed E-state index contributed by atoms with van der Waals surface area (Å²) in [4.78, 5) is 10.9. The van der Waals surface area contributed by atoms with Gasteiger partial charge in [-0.3, -0.25) is 0 Å². The first-order valence-electron chi connectivity index (χ1n) is 8.33. The van der Waals surface area contributed by atoms with Gasteiger partial charge in [0.2, 0.25) is 0 Å². The molecule has 1 unspecified atom stereocenters. The van der Waals surface area contributed by atoms with Gasteiger partial charge in [-0.2, -0.15) is 0 Å². The van der Waals surface area contributed by atoms with Crippen molar-refractivity contribution in [2.75, 3.05) is 14.2 Å². The highest BCUT2D eigenvalue weighted by Gasteiger charge is 2.10. The van der Waals surface area contributed by atoms with E-state index in [0.29, 0.717) is 18.2 Å². The summed E-state index contributed by atoms with van der Waals surface area (Å²) in [7, 11) is 3.27. The van der Waals surface area contributed by atoms with E-state index in [1.54, 1.807) is 26.4 Å². The first-order chi connectivity index (χ1) is 12.1. The first kappa shape index (κ1) is 18.8. The quantitative estimate of drug-likeness (QED) is 0.729. The zero-order chi connectivity index (χ0) is 18.2. The molecule has 2 aromatic carbocycles. The fourth-order valence-electron chi connectivity index (χ4n) is 2.68. The number of methoxy groups -OCH3 is 2. The van der Waals surface area contributed by atoms with Crippen molar-refractivity contribution in [1.29, 1.82) is 0 Å². The Balaban J connectivity index is 1.97. The van der Waals surface area contributed by atoms with Gasteiger partial charge in [-0.15, -0.1) is 0 Å². The van der Waals surface area contributed by atoms with Crippen molar-refractivity contribution in [2.45, 2.75) is 32.4 Å². The number of carboxylic acids is 1. The fraction of sp³-hybridized carbons (Fsp3) is 0.350. The summed E-state index contributed by atoms with van der Waals surface area (Å²) >= 11 is 0. The number of rotatable bonds is 9. The number of hydrogen-bond acceptors (Lipinski definition) is 4. The highest BCUT2D eigenvalue weighted by atomic mass is 16.5. The highest BCUT2D eigenvalue weighted by molar-refractivity contribution is 5.87. The van der Waals surface area contributed by atoms with Crippen molar-refractivity contribution in [3.05, 3.63) is 59.2 Å². The molecular weight excluding hydrogens is 318 g/mol. The first-order valence-corrected chi connectivity index (χ1v) is 8.33. The van der Waals surface area contributed by atoms with E-state index in [0.717, 1.165) is 29.9 Å². The number of benzene rings is 2. The van der Waals surface area contributed by atoms with E-state index in [1.807, 2.05) is 30.3 Å². The van der Waals surface area contributed by atoms with Crippen LogP contribution in [0.5, 0.6) is 11.5 Å². The van der Waals surface area contributed by atoms with E-state index >= 15 is 0 Å². The van der Waals surface area contributed by atoms with Gasteiger partial charge >= 0.3 is 5.97 Å². The largest absolute Gasteiger partial charge is 0.493 e. The Morgan fingerprint density at radius 3 is 2.24 bits per heavy atom. The van der Waals surface area contributed by atoms with Crippen LogP contribution in [0.25, 0.3) is 0 Å². The normalized spacial score (nSPS) is 11.8. The summed E-state index contributed by atoms with van der Waals surface area (Å²) in [5.41, 5.74) is 2.55. The van der Waals surface area contributed by atoms with Crippen LogP contribution in [0.3, 0.4) is 0 Å². The molecule has 0 aliphatic carbocycles. The molecule has 2 aromatic rings. The second kappa shape index (κ2) is 9.08. The molecule has 5 heteroatoms. The third-order valence-corrected chi connectivity index (χ3v) is 4.22. The van der Waals surface area contributed by atoms with Gasteiger partial charge in [0, 0.05) is 12.6 Å². The molecule has 0 spiro atoms. The third-order valence-electron chi connectivity index (χ3n) is 4.22. The van der Waals surface area contributed by atoms with Gasteiger partial charge in [-0.1, -0.05) is 25.1 Å². The molecule has 5 nitrogen and oxygen atoms in total. The maximum Gasteiger partial charge on any atom is 0.335 e. The molecule has 0 amide bonds. The van der Waals surface area contributed by atoms with E-state index in [2.05, 4.69) is 12.2 Å². The van der Waals surface area contributed by atoms with Crippen LogP contribution >= 0.6 is 0 Å². The zero-order valence-electron chi connectivity index (χ0n) is 14.9. The van der Waals surface area contributed by atoms with Crippen molar-refractivity contribution in [1.82, 2.24) is 5.32 Å². The van der Waals surface area contributed by atoms with E-state index in [1.165, 1.54) is 5.56 Å². The molecule has 0 fully saturated rings. The van der Waals surface area contributed by atoms with E-state index in [4.69, 9.17) is 14.6 Å². The average molecular weight is 343 g/mol. The predicted molar refractivity (Wildman–Crippen MR) is 97.6 cm³/mol. The zero-order valence-corrected chi connectivity index (χ0v) is 14.9. The second-order valence-electron chi connectivity index (χ2n) is 5.88. The molecular formula is C20H25NO4. The Labute approximate surface area is 148 Å². The van der Waals surface area contributed by atoms with E-state index < -0.39 is 5.97 Å². The summed E-state index contributed by atoms with van der Waals surface area (Å²) in [6.07, 6.45) is 1.87. The molecule has 1 atom stereocenters. The third kappa shape index (κ3) is 5.22. The summed E-state index contributed by atoms with van der Waals surface area (Å²) < 4.78 is 10.6. The topological polar surface area (TPSA) is 67.8 Å². The molecule has 0 aliphatic rings. The smallest absolute Gasteiger partial charge is 0.335 e. The number of carbonyl (C=O) groups is 1. The van der Waals surface area contributed by atoms with E-state index in [-0.39, 0.29) is 0 Å². The van der Waals surface area contributed by atoms with Crippen LogP contribution in [0.15, 0.2) is 42.5 Å². The molecule has 0 radical (unpaired) electrons. The predicted octanol–water partition coefficient (Wildman–Crippen LogP) is 3.51. The van der Waals surface area contributed by atoms with Crippen LogP contribution in [-0.4, -0.2) is 31.3 Å². The maximum absolute atomic E-state index is 10.9. The van der Waals surface area contributed by atoms with Gasteiger partial charge in [0.25, 0.3) is 0 Å². The summed E-state index contributed by atoms with van der Waals surface area (Å²) in [6, 6.07) is 13.3. The minimum absolute atomic E-state index is 0.307. The van der Waals surface area contributed by atoms with Crippen LogP contribution < -0.4 is 14.8 Å². The summed E-state index contributed by atoms with van der Waals surface area (Å²) in [5, 5.41) is 12.5. The van der Waals surface area contributed by atoms with Gasteiger partial charge in [-0.05, 0) is 48.2 Å². The fourth-order valence-corrected chi connectivity index (χ4v) is 2.68. The van der Waals surface area contributed by atoms with Crippen molar-refractivity contribution >= 4 is 5.97 Å². The van der Waals surface area contributed by atoms with Crippen LogP contribution in [0.2, 0.25) is 0 Å². The van der Waals surface area contributed by atoms with Crippen molar-refractivity contribution in [3.63, 3.8) is 0 Å². The van der Waals surface area contributed by atoms with Crippen LogP contribution in [-0.2, 0) is 13.0 Å². The van der Waals surface area contributed by atoms with Crippen molar-refractivity contribution in [3.8, 4) is 11.5 Å². The average Bonchev–Trinajstić information content (AvgIpc) is 2.65. The Bertz CT molecular complexity index is 697. The standard InChI is InChI=1S/C20H25NO4/c1-4-17(11-15-7-10-18(24-2)19(12-15)25-3)21-13-14-5-8-16(9-6-14)20(22)23/h5-10,12,17,21H,4,11,13H2,1-3H3,(H,22,23). The number of aromatic carboxylic acids is 1. The Kier molecular flexibility index (Phi) is 6.83. The van der Waals surface area contributed by atoms with Crippen molar-refractivity contribution in [2.24, 2.45) is 0 Å². The van der Waals surface area contributed by atoms with Crippen LogP contribution in [0.4, 0.5) is 0 Å². The lowest BCUT2D eigenvalue weighted by Crippen LogP contribution is -2.30. The van der Waals surface area contributed by atoms with Crippen LogP contribution in [0.1, 0.15) is 34.8 Å². The van der Waals surface area contributed by atoms with Gasteiger partial charge < -0.3 is 19.9 Å². The van der Waals surface area contributed by atoms with Gasteiger partial charge in [0.1, 0.15) is 0 Å². The molecule has 0 aliphatic heterocycles. The van der Waals surface area contributed by atoms with Crippen molar-refractivity contribution < 1.29 is 19.4 Å². The number of nitrogens with one attached hydrogen (secondary N) is 1. The lowest BCUT2D eigenvalue weighted by atomic mass is 10.0. The maximum atomic E-state index is 10.9. The molecule has 2 N–H and O–H groups in total. The Morgan fingerprint density at radius 1 is 1.04 bits per heavy atom. The summed E-state index contributed by atoms with van der Waals surface area (Å²) in [5.74, 6) is 0.560. The second-order valence-corrected chi connectivity index (χ2v) is 5.88. The lowest BCUT2D eigenvalue weighted by Gasteiger charge is -2.18. The molecule has 0 bridgehead atoms. The minimum atomic E-state index is -0.903. The lowest BCUT2D eigenvalue weighted by molar-refractivity contribution is 0.0697. The SMILES string of the molecule is CCC(Cc1ccc(OC)c(OC)c1)NCc1ccc(C(=O)O)cc1. The highest BCUT2D eigenvalue weighted by Crippen LogP contribution is 2.28. The van der Waals surface area contributed by atoms with E-state index in [9.17, 15) is 4.79 Å². The molecule has 0 saturated heterocycles. The Hall–Kier alpha value is -2.53. The monoisotopic (exact) mass is 343 g/mol. The Morgan fingerprint density at radius 2 is 1.68 bits per heavy atom. The number of carboxylic acid groups (broad SMARTS) is 1. The van der Waals surface area contributed by atoms with Gasteiger partial charge in [0.15, 0.2) is 11.5 Å². The minimum Gasteiger partial charge on any atom is -0.493 e. The number of ether oxygens (including phenoxy) is 2. The molecule has 0 heterocycles. The van der Waals surface area contributed by atoms with Gasteiger partial charge in [0.05, 0.1) is 19.8 Å². The van der Waals surface area contributed by atoms with Gasteiger partial charge in [-0.25, -0.2) is 4.79 Å². The molecule has 0 saturated carbocycles. The van der Waals surface area contributed by atoms with Crippen LogP contribution in [0, 0.1) is 0 Å². The molecule has 0 aromatic heterocycles. The molecule has 134 valence electrons. The molecule has 2 rings (SSSR count). The molecule has 25 heavy (non-hydrogen) atoms.